The minimum atomic E-state index is -1.13. The van der Waals surface area contributed by atoms with Gasteiger partial charge in [0.15, 0.2) is 5.76 Å². The summed E-state index contributed by atoms with van der Waals surface area (Å²) in [4.78, 5) is 39.5. The van der Waals surface area contributed by atoms with Gasteiger partial charge >= 0.3 is 0 Å². The molecule has 24 heavy (non-hydrogen) atoms. The molecule has 1 aromatic heterocycles. The molecule has 2 atom stereocenters. The molecule has 2 heterocycles. The Morgan fingerprint density at radius 1 is 1.00 bits per heavy atom. The van der Waals surface area contributed by atoms with E-state index in [4.69, 9.17) is 4.42 Å². The highest BCUT2D eigenvalue weighted by Crippen LogP contribution is 2.31. The van der Waals surface area contributed by atoms with Crippen LogP contribution in [-0.2, 0) is 9.59 Å². The van der Waals surface area contributed by atoms with Gasteiger partial charge in [0.1, 0.15) is 0 Å². The SMILES string of the molecule is O=C([O-])[C@@H]1CCCC[C@H]1C(=O)N1CCN(C(=O)c2ccco2)CC1. The van der Waals surface area contributed by atoms with Gasteiger partial charge in [-0.2, -0.15) is 0 Å². The maximum atomic E-state index is 12.7. The van der Waals surface area contributed by atoms with E-state index in [-0.39, 0.29) is 11.8 Å². The lowest BCUT2D eigenvalue weighted by Crippen LogP contribution is -2.54. The Morgan fingerprint density at radius 2 is 1.62 bits per heavy atom. The van der Waals surface area contributed by atoms with Crippen LogP contribution in [-0.4, -0.2) is 53.8 Å². The van der Waals surface area contributed by atoms with Crippen LogP contribution in [0.25, 0.3) is 0 Å². The van der Waals surface area contributed by atoms with E-state index in [2.05, 4.69) is 0 Å². The van der Waals surface area contributed by atoms with Gasteiger partial charge in [0, 0.05) is 44.0 Å². The Hall–Kier alpha value is -2.31. The lowest BCUT2D eigenvalue weighted by Gasteiger charge is -2.39. The molecule has 2 aliphatic rings. The molecule has 130 valence electrons. The van der Waals surface area contributed by atoms with Gasteiger partial charge in [-0.25, -0.2) is 0 Å². The van der Waals surface area contributed by atoms with Crippen LogP contribution in [0.5, 0.6) is 0 Å². The highest BCUT2D eigenvalue weighted by atomic mass is 16.4. The van der Waals surface area contributed by atoms with Crippen LogP contribution in [0, 0.1) is 11.8 Å². The molecule has 0 bridgehead atoms. The third kappa shape index (κ3) is 3.29. The minimum Gasteiger partial charge on any atom is -0.550 e. The van der Waals surface area contributed by atoms with Crippen molar-refractivity contribution >= 4 is 17.8 Å². The first-order valence-corrected chi connectivity index (χ1v) is 8.40. The number of furan rings is 1. The number of piperazine rings is 1. The molecule has 0 spiro atoms. The Balaban J connectivity index is 1.58. The first-order chi connectivity index (χ1) is 11.6. The molecule has 1 saturated carbocycles. The van der Waals surface area contributed by atoms with Crippen LogP contribution in [0.2, 0.25) is 0 Å². The molecule has 0 aromatic carbocycles. The third-order valence-electron chi connectivity index (χ3n) is 5.00. The average Bonchev–Trinajstić information content (AvgIpc) is 3.15. The minimum absolute atomic E-state index is 0.117. The average molecular weight is 333 g/mol. The van der Waals surface area contributed by atoms with Gasteiger partial charge in [0.05, 0.1) is 6.26 Å². The number of hydrogen-bond acceptors (Lipinski definition) is 5. The molecule has 2 fully saturated rings. The van der Waals surface area contributed by atoms with E-state index in [0.717, 1.165) is 12.8 Å². The van der Waals surface area contributed by atoms with Crippen LogP contribution in [0.4, 0.5) is 0 Å². The zero-order valence-electron chi connectivity index (χ0n) is 13.5. The van der Waals surface area contributed by atoms with E-state index in [1.54, 1.807) is 21.9 Å². The zero-order chi connectivity index (χ0) is 17.1. The first-order valence-electron chi connectivity index (χ1n) is 8.40. The fraction of sp³-hybridized carbons (Fsp3) is 0.588. The number of hydrogen-bond donors (Lipinski definition) is 0. The summed E-state index contributed by atoms with van der Waals surface area (Å²) in [6.07, 6.45) is 4.26. The van der Waals surface area contributed by atoms with E-state index < -0.39 is 17.8 Å². The molecule has 7 heteroatoms. The Kier molecular flexibility index (Phi) is 4.87. The second kappa shape index (κ2) is 7.07. The van der Waals surface area contributed by atoms with E-state index in [1.807, 2.05) is 0 Å². The maximum absolute atomic E-state index is 12.7. The number of carbonyl (C=O) groups excluding carboxylic acids is 3. The molecule has 0 N–H and O–H groups in total. The molecule has 0 unspecified atom stereocenters. The van der Waals surface area contributed by atoms with Crippen molar-refractivity contribution in [3.05, 3.63) is 24.2 Å². The standard InChI is InChI=1S/C17H22N2O5/c20-15(12-4-1-2-5-13(12)17(22)23)18-7-9-19(10-8-18)16(21)14-6-3-11-24-14/h3,6,11-13H,1-2,4-5,7-10H2,(H,22,23)/p-1/t12-,13-/m1/s1. The molecule has 0 radical (unpaired) electrons. The third-order valence-corrected chi connectivity index (χ3v) is 5.00. The van der Waals surface area contributed by atoms with Crippen molar-refractivity contribution in [2.75, 3.05) is 26.2 Å². The lowest BCUT2D eigenvalue weighted by atomic mass is 9.78. The van der Waals surface area contributed by atoms with E-state index >= 15 is 0 Å². The summed E-state index contributed by atoms with van der Waals surface area (Å²) < 4.78 is 5.11. The van der Waals surface area contributed by atoms with Crippen molar-refractivity contribution in [2.24, 2.45) is 11.8 Å². The normalized spacial score (nSPS) is 24.7. The molecular formula is C17H21N2O5-. The van der Waals surface area contributed by atoms with Crippen LogP contribution in [0.15, 0.2) is 22.8 Å². The molecule has 2 amide bonds. The summed E-state index contributed by atoms with van der Waals surface area (Å²) in [5.41, 5.74) is 0. The van der Waals surface area contributed by atoms with Gasteiger partial charge in [-0.3, -0.25) is 9.59 Å². The van der Waals surface area contributed by atoms with Gasteiger partial charge in [0.25, 0.3) is 5.91 Å². The number of carboxylic acid groups (broad SMARTS) is 1. The number of nitrogens with zero attached hydrogens (tertiary/aromatic N) is 2. The highest BCUT2D eigenvalue weighted by Gasteiger charge is 2.36. The second-order valence-electron chi connectivity index (χ2n) is 6.41. The van der Waals surface area contributed by atoms with Crippen LogP contribution in [0.3, 0.4) is 0 Å². The summed E-state index contributed by atoms with van der Waals surface area (Å²) >= 11 is 0. The molecule has 7 nitrogen and oxygen atoms in total. The molecule has 3 rings (SSSR count). The number of amides is 2. The van der Waals surface area contributed by atoms with Crippen LogP contribution >= 0.6 is 0 Å². The van der Waals surface area contributed by atoms with Gasteiger partial charge < -0.3 is 24.1 Å². The van der Waals surface area contributed by atoms with Crippen LogP contribution < -0.4 is 5.11 Å². The number of aliphatic carboxylic acids is 1. The van der Waals surface area contributed by atoms with Gasteiger partial charge in [-0.1, -0.05) is 12.8 Å². The van der Waals surface area contributed by atoms with E-state index in [9.17, 15) is 19.5 Å². The Morgan fingerprint density at radius 3 is 2.21 bits per heavy atom. The van der Waals surface area contributed by atoms with Gasteiger partial charge in [-0.05, 0) is 25.0 Å². The number of carboxylic acids is 1. The summed E-state index contributed by atoms with van der Waals surface area (Å²) in [5.74, 6) is -2.31. The molecule has 1 aromatic rings. The predicted molar refractivity (Wildman–Crippen MR) is 81.6 cm³/mol. The molecule has 1 saturated heterocycles. The fourth-order valence-electron chi connectivity index (χ4n) is 3.63. The van der Waals surface area contributed by atoms with E-state index in [1.165, 1.54) is 6.26 Å². The lowest BCUT2D eigenvalue weighted by molar-refractivity contribution is -0.314. The van der Waals surface area contributed by atoms with Crippen molar-refractivity contribution in [2.45, 2.75) is 25.7 Å². The quantitative estimate of drug-likeness (QED) is 0.783. The van der Waals surface area contributed by atoms with Crippen molar-refractivity contribution < 1.29 is 23.9 Å². The largest absolute Gasteiger partial charge is 0.550 e. The van der Waals surface area contributed by atoms with Crippen LogP contribution in [0.1, 0.15) is 36.2 Å². The molecule has 1 aliphatic heterocycles. The summed E-state index contributed by atoms with van der Waals surface area (Å²) in [7, 11) is 0. The van der Waals surface area contributed by atoms with Gasteiger partial charge in [0.2, 0.25) is 5.91 Å². The van der Waals surface area contributed by atoms with Gasteiger partial charge in [-0.15, -0.1) is 0 Å². The smallest absolute Gasteiger partial charge is 0.289 e. The zero-order valence-corrected chi connectivity index (χ0v) is 13.5. The highest BCUT2D eigenvalue weighted by molar-refractivity contribution is 5.91. The van der Waals surface area contributed by atoms with E-state index in [0.29, 0.717) is 44.8 Å². The molecule has 1 aliphatic carbocycles. The Labute approximate surface area is 140 Å². The number of rotatable bonds is 3. The predicted octanol–water partition coefficient (Wildman–Crippen LogP) is 0.120. The van der Waals surface area contributed by atoms with Crippen molar-refractivity contribution in [3.63, 3.8) is 0 Å². The Bertz CT molecular complexity index is 605. The first kappa shape index (κ1) is 16.5. The monoisotopic (exact) mass is 333 g/mol. The topological polar surface area (TPSA) is 93.9 Å². The molecular weight excluding hydrogens is 312 g/mol. The second-order valence-corrected chi connectivity index (χ2v) is 6.41. The summed E-state index contributed by atoms with van der Waals surface area (Å²) in [6, 6.07) is 3.28. The summed E-state index contributed by atoms with van der Waals surface area (Å²) in [5, 5.41) is 11.3. The van der Waals surface area contributed by atoms with Crippen molar-refractivity contribution in [3.8, 4) is 0 Å². The fourth-order valence-corrected chi connectivity index (χ4v) is 3.63. The number of carbonyl (C=O) groups is 3. The summed E-state index contributed by atoms with van der Waals surface area (Å²) in [6.45, 7) is 1.69. The van der Waals surface area contributed by atoms with Crippen molar-refractivity contribution in [1.82, 2.24) is 9.80 Å². The maximum Gasteiger partial charge on any atom is 0.289 e. The van der Waals surface area contributed by atoms with Crippen molar-refractivity contribution in [1.29, 1.82) is 0 Å².